The lowest BCUT2D eigenvalue weighted by atomic mass is 9.71. The number of amides is 1. The maximum Gasteiger partial charge on any atom is 0.258 e. The van der Waals surface area contributed by atoms with Crippen molar-refractivity contribution in [2.75, 3.05) is 6.61 Å². The molecule has 0 aromatic heterocycles. The summed E-state index contributed by atoms with van der Waals surface area (Å²) in [6, 6.07) is 8.26. The molecule has 23 heavy (non-hydrogen) atoms. The number of ether oxygens (including phenoxy) is 1. The fraction of sp³-hybridized carbons (Fsp3) is 0.650. The number of hydrogen-bond donors (Lipinski definition) is 1. The number of benzene rings is 1. The first-order valence-electron chi connectivity index (χ1n) is 8.89. The molecule has 0 radical (unpaired) electrons. The smallest absolute Gasteiger partial charge is 0.258 e. The fourth-order valence-electron chi connectivity index (χ4n) is 3.34. The summed E-state index contributed by atoms with van der Waals surface area (Å²) < 4.78 is 5.57. The van der Waals surface area contributed by atoms with E-state index < -0.39 is 0 Å². The third kappa shape index (κ3) is 5.56. The Morgan fingerprint density at radius 3 is 2.26 bits per heavy atom. The van der Waals surface area contributed by atoms with Crippen molar-refractivity contribution >= 4 is 5.91 Å². The van der Waals surface area contributed by atoms with Crippen LogP contribution in [0.1, 0.15) is 58.9 Å². The van der Waals surface area contributed by atoms with Crippen LogP contribution in [0.4, 0.5) is 0 Å². The van der Waals surface area contributed by atoms with E-state index in [2.05, 4.69) is 33.0 Å². The standard InChI is InChI=1S/C20H31NO2/c1-5-15-6-12-18(13-7-15)23-14-19(22)21-17-10-8-16(9-11-17)20(2,3)4/h6-7,12-13,16-17H,5,8-11,14H2,1-4H3,(H,21,22). The van der Waals surface area contributed by atoms with Gasteiger partial charge in [0.25, 0.3) is 5.91 Å². The Kier molecular flexibility index (Phi) is 6.09. The molecule has 1 fully saturated rings. The summed E-state index contributed by atoms with van der Waals surface area (Å²) in [5.41, 5.74) is 1.65. The van der Waals surface area contributed by atoms with Crippen LogP contribution in [0.2, 0.25) is 0 Å². The highest BCUT2D eigenvalue weighted by Crippen LogP contribution is 2.37. The van der Waals surface area contributed by atoms with E-state index in [0.29, 0.717) is 11.5 Å². The van der Waals surface area contributed by atoms with Crippen LogP contribution in [-0.2, 0) is 11.2 Å². The van der Waals surface area contributed by atoms with Gasteiger partial charge in [0.1, 0.15) is 5.75 Å². The van der Waals surface area contributed by atoms with Gasteiger partial charge in [0.2, 0.25) is 0 Å². The van der Waals surface area contributed by atoms with Gasteiger partial charge in [0.15, 0.2) is 6.61 Å². The van der Waals surface area contributed by atoms with Crippen molar-refractivity contribution in [1.82, 2.24) is 5.32 Å². The zero-order chi connectivity index (χ0) is 16.9. The molecule has 1 aliphatic carbocycles. The largest absolute Gasteiger partial charge is 0.484 e. The molecule has 0 atom stereocenters. The Bertz CT molecular complexity index is 493. The van der Waals surface area contributed by atoms with E-state index in [1.165, 1.54) is 18.4 Å². The topological polar surface area (TPSA) is 38.3 Å². The molecular weight excluding hydrogens is 286 g/mol. The number of aryl methyl sites for hydroxylation is 1. The first-order valence-corrected chi connectivity index (χ1v) is 8.89. The van der Waals surface area contributed by atoms with E-state index in [0.717, 1.165) is 30.9 Å². The summed E-state index contributed by atoms with van der Waals surface area (Å²) in [6.07, 6.45) is 5.58. The van der Waals surface area contributed by atoms with Gasteiger partial charge in [-0.25, -0.2) is 0 Å². The lowest BCUT2D eigenvalue weighted by Crippen LogP contribution is -2.41. The molecule has 0 unspecified atom stereocenters. The predicted molar refractivity (Wildman–Crippen MR) is 94.7 cm³/mol. The van der Waals surface area contributed by atoms with E-state index in [9.17, 15) is 4.79 Å². The van der Waals surface area contributed by atoms with Gasteiger partial charge >= 0.3 is 0 Å². The first kappa shape index (κ1) is 17.8. The molecule has 0 saturated heterocycles. The SMILES string of the molecule is CCc1ccc(OCC(=O)NC2CCC(C(C)(C)C)CC2)cc1. The Balaban J connectivity index is 1.71. The quantitative estimate of drug-likeness (QED) is 0.877. The molecule has 128 valence electrons. The summed E-state index contributed by atoms with van der Waals surface area (Å²) in [4.78, 5) is 12.1. The van der Waals surface area contributed by atoms with Crippen molar-refractivity contribution in [3.63, 3.8) is 0 Å². The van der Waals surface area contributed by atoms with Crippen LogP contribution >= 0.6 is 0 Å². The third-order valence-electron chi connectivity index (χ3n) is 5.02. The van der Waals surface area contributed by atoms with Gasteiger partial charge in [-0.3, -0.25) is 4.79 Å². The molecule has 1 aromatic carbocycles. The van der Waals surface area contributed by atoms with Crippen LogP contribution in [0.15, 0.2) is 24.3 Å². The minimum Gasteiger partial charge on any atom is -0.484 e. The molecule has 0 spiro atoms. The Hall–Kier alpha value is -1.51. The summed E-state index contributed by atoms with van der Waals surface area (Å²) in [5, 5.41) is 3.12. The Labute approximate surface area is 140 Å². The van der Waals surface area contributed by atoms with Gasteiger partial charge in [-0.2, -0.15) is 0 Å². The molecule has 1 amide bonds. The fourth-order valence-corrected chi connectivity index (χ4v) is 3.34. The van der Waals surface area contributed by atoms with Gasteiger partial charge in [-0.15, -0.1) is 0 Å². The molecule has 2 rings (SSSR count). The van der Waals surface area contributed by atoms with Crippen molar-refractivity contribution in [2.24, 2.45) is 11.3 Å². The molecule has 0 bridgehead atoms. The van der Waals surface area contributed by atoms with Crippen molar-refractivity contribution in [3.05, 3.63) is 29.8 Å². The number of nitrogens with one attached hydrogen (secondary N) is 1. The van der Waals surface area contributed by atoms with Crippen LogP contribution < -0.4 is 10.1 Å². The van der Waals surface area contributed by atoms with Crippen molar-refractivity contribution in [2.45, 2.75) is 65.8 Å². The Morgan fingerprint density at radius 1 is 1.13 bits per heavy atom. The molecule has 0 heterocycles. The molecule has 1 aliphatic rings. The van der Waals surface area contributed by atoms with E-state index in [1.807, 2.05) is 24.3 Å². The second-order valence-electron chi connectivity index (χ2n) is 7.77. The van der Waals surface area contributed by atoms with Gasteiger partial charge in [0, 0.05) is 6.04 Å². The average molecular weight is 317 g/mol. The third-order valence-corrected chi connectivity index (χ3v) is 5.02. The van der Waals surface area contributed by atoms with E-state index in [-0.39, 0.29) is 12.5 Å². The maximum absolute atomic E-state index is 12.1. The highest BCUT2D eigenvalue weighted by atomic mass is 16.5. The minimum atomic E-state index is -0.0104. The summed E-state index contributed by atoms with van der Waals surface area (Å²) in [5.74, 6) is 1.52. The number of carbonyl (C=O) groups is 1. The van der Waals surface area contributed by atoms with Gasteiger partial charge in [-0.05, 0) is 61.1 Å². The molecule has 3 heteroatoms. The maximum atomic E-state index is 12.1. The Morgan fingerprint density at radius 2 is 1.74 bits per heavy atom. The highest BCUT2D eigenvalue weighted by molar-refractivity contribution is 5.77. The molecule has 1 aromatic rings. The minimum absolute atomic E-state index is 0.0104. The number of rotatable bonds is 5. The molecular formula is C20H31NO2. The molecule has 0 aliphatic heterocycles. The van der Waals surface area contributed by atoms with Crippen LogP contribution in [0.25, 0.3) is 0 Å². The lowest BCUT2D eigenvalue weighted by Gasteiger charge is -2.37. The van der Waals surface area contributed by atoms with Crippen LogP contribution in [0.3, 0.4) is 0 Å². The van der Waals surface area contributed by atoms with Crippen molar-refractivity contribution in [1.29, 1.82) is 0 Å². The normalized spacial score (nSPS) is 21.7. The molecule has 1 N–H and O–H groups in total. The predicted octanol–water partition coefficient (Wildman–Crippen LogP) is 4.35. The molecule has 1 saturated carbocycles. The van der Waals surface area contributed by atoms with Gasteiger partial charge < -0.3 is 10.1 Å². The summed E-state index contributed by atoms with van der Waals surface area (Å²) in [7, 11) is 0. The van der Waals surface area contributed by atoms with E-state index in [1.54, 1.807) is 0 Å². The lowest BCUT2D eigenvalue weighted by molar-refractivity contribution is -0.124. The summed E-state index contributed by atoms with van der Waals surface area (Å²) >= 11 is 0. The van der Waals surface area contributed by atoms with E-state index in [4.69, 9.17) is 4.74 Å². The van der Waals surface area contributed by atoms with Crippen molar-refractivity contribution in [3.8, 4) is 5.75 Å². The van der Waals surface area contributed by atoms with Crippen molar-refractivity contribution < 1.29 is 9.53 Å². The second kappa shape index (κ2) is 7.85. The summed E-state index contributed by atoms with van der Waals surface area (Å²) in [6.45, 7) is 9.17. The van der Waals surface area contributed by atoms with E-state index >= 15 is 0 Å². The van der Waals surface area contributed by atoms with Crippen LogP contribution in [0.5, 0.6) is 5.75 Å². The van der Waals surface area contributed by atoms with Gasteiger partial charge in [-0.1, -0.05) is 39.8 Å². The zero-order valence-electron chi connectivity index (χ0n) is 15.0. The number of hydrogen-bond acceptors (Lipinski definition) is 2. The monoisotopic (exact) mass is 317 g/mol. The average Bonchev–Trinajstić information content (AvgIpc) is 2.53. The number of carbonyl (C=O) groups excluding carboxylic acids is 1. The second-order valence-corrected chi connectivity index (χ2v) is 7.77. The van der Waals surface area contributed by atoms with Gasteiger partial charge in [0.05, 0.1) is 0 Å². The first-order chi connectivity index (χ1) is 10.9. The zero-order valence-corrected chi connectivity index (χ0v) is 15.0. The highest BCUT2D eigenvalue weighted by Gasteiger charge is 2.30. The molecule has 3 nitrogen and oxygen atoms in total. The van der Waals surface area contributed by atoms with Crippen LogP contribution in [0, 0.1) is 11.3 Å². The van der Waals surface area contributed by atoms with Crippen LogP contribution in [-0.4, -0.2) is 18.6 Å².